The first-order valence-electron chi connectivity index (χ1n) is 9.16. The Bertz CT molecular complexity index is 721. The lowest BCUT2D eigenvalue weighted by atomic mass is 9.91. The van der Waals surface area contributed by atoms with Crippen LogP contribution in [0.25, 0.3) is 0 Å². The lowest BCUT2D eigenvalue weighted by Crippen LogP contribution is -2.38. The maximum Gasteiger partial charge on any atom is 0.290 e. The first kappa shape index (κ1) is 18.6. The summed E-state index contributed by atoms with van der Waals surface area (Å²) in [6.07, 6.45) is 2.30. The van der Waals surface area contributed by atoms with Gasteiger partial charge in [-0.25, -0.2) is 4.39 Å². The molecule has 0 aromatic heterocycles. The Morgan fingerprint density at radius 2 is 1.81 bits per heavy atom. The minimum absolute atomic E-state index is 0.123. The molecule has 1 amide bonds. The van der Waals surface area contributed by atoms with Gasteiger partial charge in [0.05, 0.1) is 11.6 Å². The number of Topliss-reactive ketones (excluding diaryl/α,β-unsaturated/α-hetero) is 1. The molecule has 1 fully saturated rings. The van der Waals surface area contributed by atoms with Crippen LogP contribution in [0.15, 0.2) is 35.6 Å². The van der Waals surface area contributed by atoms with Gasteiger partial charge >= 0.3 is 0 Å². The average Bonchev–Trinajstić information content (AvgIpc) is 3.21. The Balaban J connectivity index is 1.92. The number of aliphatic hydroxyl groups excluding tert-OH is 1. The number of rotatable bonds is 6. The van der Waals surface area contributed by atoms with Crippen molar-refractivity contribution in [2.75, 3.05) is 26.2 Å². The largest absolute Gasteiger partial charge is 0.503 e. The molecule has 26 heavy (non-hydrogen) atoms. The Morgan fingerprint density at radius 1 is 1.19 bits per heavy atom. The van der Waals surface area contributed by atoms with Crippen molar-refractivity contribution in [1.82, 2.24) is 9.80 Å². The molecular weight excluding hydrogens is 335 g/mol. The van der Waals surface area contributed by atoms with E-state index in [1.165, 1.54) is 17.0 Å². The summed E-state index contributed by atoms with van der Waals surface area (Å²) in [6.45, 7) is 6.59. The van der Waals surface area contributed by atoms with Gasteiger partial charge in [0.1, 0.15) is 5.82 Å². The van der Waals surface area contributed by atoms with E-state index < -0.39 is 17.7 Å². The summed E-state index contributed by atoms with van der Waals surface area (Å²) in [4.78, 5) is 29.2. The third kappa shape index (κ3) is 3.51. The second-order valence-electron chi connectivity index (χ2n) is 7.28. The minimum atomic E-state index is -0.666. The van der Waals surface area contributed by atoms with Gasteiger partial charge in [0.25, 0.3) is 5.91 Å². The molecular formula is C20H25FN2O3. The van der Waals surface area contributed by atoms with Crippen LogP contribution in [0.5, 0.6) is 0 Å². The number of hydrogen-bond donors (Lipinski definition) is 1. The van der Waals surface area contributed by atoms with Crippen molar-refractivity contribution in [3.05, 3.63) is 47.0 Å². The molecule has 0 saturated carbocycles. The third-order valence-electron chi connectivity index (χ3n) is 5.14. The van der Waals surface area contributed by atoms with Crippen LogP contribution >= 0.6 is 0 Å². The van der Waals surface area contributed by atoms with Crippen molar-refractivity contribution in [1.29, 1.82) is 0 Å². The number of ketones is 1. The minimum Gasteiger partial charge on any atom is -0.503 e. The van der Waals surface area contributed by atoms with Crippen molar-refractivity contribution in [3.63, 3.8) is 0 Å². The van der Waals surface area contributed by atoms with Gasteiger partial charge in [-0.05, 0) is 43.6 Å². The third-order valence-corrected chi connectivity index (χ3v) is 5.14. The molecule has 1 N–H and O–H groups in total. The number of carbonyl (C=O) groups is 2. The van der Waals surface area contributed by atoms with E-state index in [4.69, 9.17) is 0 Å². The lowest BCUT2D eigenvalue weighted by molar-refractivity contribution is -0.129. The van der Waals surface area contributed by atoms with E-state index in [2.05, 4.69) is 4.90 Å². The Hall–Kier alpha value is -2.21. The molecule has 0 aliphatic carbocycles. The van der Waals surface area contributed by atoms with Crippen molar-refractivity contribution in [2.24, 2.45) is 5.92 Å². The number of nitrogens with zero attached hydrogens (tertiary/aromatic N) is 2. The average molecular weight is 360 g/mol. The second kappa shape index (κ2) is 7.58. The van der Waals surface area contributed by atoms with Crippen LogP contribution in [0.2, 0.25) is 0 Å². The first-order chi connectivity index (χ1) is 12.4. The molecule has 5 nitrogen and oxygen atoms in total. The quantitative estimate of drug-likeness (QED) is 0.847. The zero-order valence-electron chi connectivity index (χ0n) is 15.2. The Morgan fingerprint density at radius 3 is 2.38 bits per heavy atom. The van der Waals surface area contributed by atoms with Crippen molar-refractivity contribution in [3.8, 4) is 0 Å². The van der Waals surface area contributed by atoms with Gasteiger partial charge in [0, 0.05) is 19.0 Å². The number of aliphatic hydroxyl groups is 1. The van der Waals surface area contributed by atoms with Gasteiger partial charge in [-0.3, -0.25) is 9.59 Å². The van der Waals surface area contributed by atoms with Gasteiger partial charge in [0.15, 0.2) is 11.5 Å². The predicted molar refractivity (Wildman–Crippen MR) is 96.0 cm³/mol. The zero-order valence-corrected chi connectivity index (χ0v) is 15.2. The van der Waals surface area contributed by atoms with Crippen molar-refractivity contribution >= 4 is 11.7 Å². The molecule has 3 rings (SSSR count). The molecule has 1 unspecified atom stereocenters. The van der Waals surface area contributed by atoms with Crippen LogP contribution in [0.1, 0.15) is 38.3 Å². The molecule has 2 aliphatic heterocycles. The topological polar surface area (TPSA) is 60.9 Å². The van der Waals surface area contributed by atoms with E-state index in [9.17, 15) is 19.1 Å². The zero-order chi connectivity index (χ0) is 18.8. The molecule has 0 radical (unpaired) electrons. The maximum atomic E-state index is 13.3. The van der Waals surface area contributed by atoms with Gasteiger partial charge in [0.2, 0.25) is 0 Å². The van der Waals surface area contributed by atoms with Crippen molar-refractivity contribution in [2.45, 2.75) is 32.7 Å². The molecule has 1 aromatic carbocycles. The van der Waals surface area contributed by atoms with Gasteiger partial charge in [-0.1, -0.05) is 26.0 Å². The van der Waals surface area contributed by atoms with E-state index >= 15 is 0 Å². The van der Waals surface area contributed by atoms with Crippen LogP contribution < -0.4 is 0 Å². The molecule has 0 spiro atoms. The van der Waals surface area contributed by atoms with Gasteiger partial charge in [-0.15, -0.1) is 0 Å². The summed E-state index contributed by atoms with van der Waals surface area (Å²) >= 11 is 0. The summed E-state index contributed by atoms with van der Waals surface area (Å²) in [5, 5.41) is 10.4. The summed E-state index contributed by atoms with van der Waals surface area (Å²) in [5.74, 6) is -1.98. The fourth-order valence-corrected chi connectivity index (χ4v) is 3.69. The van der Waals surface area contributed by atoms with Crippen LogP contribution in [0.4, 0.5) is 4.39 Å². The monoisotopic (exact) mass is 360 g/mol. The highest BCUT2D eigenvalue weighted by atomic mass is 19.1. The number of halogens is 1. The van der Waals surface area contributed by atoms with Crippen LogP contribution in [0.3, 0.4) is 0 Å². The van der Waals surface area contributed by atoms with Crippen LogP contribution in [0, 0.1) is 11.7 Å². The Kier molecular flexibility index (Phi) is 5.41. The second-order valence-corrected chi connectivity index (χ2v) is 7.28. The van der Waals surface area contributed by atoms with Crippen LogP contribution in [-0.2, 0) is 9.59 Å². The predicted octanol–water partition coefficient (Wildman–Crippen LogP) is 2.84. The molecule has 140 valence electrons. The SMILES string of the molecule is CC(C)C(=O)C1=C(O)C(=O)N(CCN2CCCC2)C1c1ccc(F)cc1. The van der Waals surface area contributed by atoms with Crippen LogP contribution in [-0.4, -0.2) is 52.8 Å². The highest BCUT2D eigenvalue weighted by Crippen LogP contribution is 2.38. The van der Waals surface area contributed by atoms with E-state index in [1.807, 2.05) is 0 Å². The summed E-state index contributed by atoms with van der Waals surface area (Å²) in [5.41, 5.74) is 0.757. The first-order valence-corrected chi connectivity index (χ1v) is 9.16. The number of carbonyl (C=O) groups excluding carboxylic acids is 2. The number of likely N-dealkylation sites (tertiary alicyclic amines) is 1. The molecule has 1 saturated heterocycles. The molecule has 2 aliphatic rings. The Labute approximate surface area is 153 Å². The fourth-order valence-electron chi connectivity index (χ4n) is 3.69. The smallest absolute Gasteiger partial charge is 0.290 e. The molecule has 6 heteroatoms. The standard InChI is InChI=1S/C20H25FN2O3/c1-13(2)18(24)16-17(14-5-7-15(21)8-6-14)23(20(26)19(16)25)12-11-22-9-3-4-10-22/h5-8,13,17,25H,3-4,9-12H2,1-2H3. The van der Waals surface area contributed by atoms with Gasteiger partial charge < -0.3 is 14.9 Å². The highest BCUT2D eigenvalue weighted by Gasteiger charge is 2.43. The lowest BCUT2D eigenvalue weighted by Gasteiger charge is -2.29. The molecule has 2 heterocycles. The normalized spacial score (nSPS) is 21.3. The van der Waals surface area contributed by atoms with E-state index in [-0.39, 0.29) is 23.1 Å². The van der Waals surface area contributed by atoms with Gasteiger partial charge in [-0.2, -0.15) is 0 Å². The van der Waals surface area contributed by atoms with E-state index in [1.54, 1.807) is 26.0 Å². The number of hydrogen-bond acceptors (Lipinski definition) is 4. The van der Waals surface area contributed by atoms with E-state index in [0.29, 0.717) is 18.7 Å². The highest BCUT2D eigenvalue weighted by molar-refractivity contribution is 6.09. The summed E-state index contributed by atoms with van der Waals surface area (Å²) in [7, 11) is 0. The summed E-state index contributed by atoms with van der Waals surface area (Å²) in [6, 6.07) is 5.10. The maximum absolute atomic E-state index is 13.3. The number of benzene rings is 1. The molecule has 1 atom stereocenters. The fraction of sp³-hybridized carbons (Fsp3) is 0.500. The number of amides is 1. The van der Waals surface area contributed by atoms with E-state index in [0.717, 1.165) is 25.9 Å². The summed E-state index contributed by atoms with van der Waals surface area (Å²) < 4.78 is 13.3. The van der Waals surface area contributed by atoms with Crippen molar-refractivity contribution < 1.29 is 19.1 Å². The molecule has 1 aromatic rings. The molecule has 0 bridgehead atoms.